The lowest BCUT2D eigenvalue weighted by atomic mass is 10.1. The first kappa shape index (κ1) is 9.13. The van der Waals surface area contributed by atoms with Gasteiger partial charge in [-0.3, -0.25) is 0 Å². The molecular formula is C10H16N2S. The molecule has 0 aromatic carbocycles. The van der Waals surface area contributed by atoms with E-state index in [9.17, 15) is 0 Å². The molecule has 0 spiro atoms. The summed E-state index contributed by atoms with van der Waals surface area (Å²) in [6.45, 7) is 5.30. The summed E-state index contributed by atoms with van der Waals surface area (Å²) in [5, 5.41) is 0. The van der Waals surface area contributed by atoms with Crippen molar-refractivity contribution in [3.63, 3.8) is 0 Å². The standard InChI is InChI=1S/C10H16N2S/c1-8-9(2)12(7-11-8)5-10(6-13)3-4-10/h7,13H,3-6H2,1-2H3. The van der Waals surface area contributed by atoms with Crippen LogP contribution >= 0.6 is 12.6 Å². The predicted molar refractivity (Wildman–Crippen MR) is 57.2 cm³/mol. The molecule has 0 unspecified atom stereocenters. The number of rotatable bonds is 3. The maximum atomic E-state index is 4.40. The Morgan fingerprint density at radius 3 is 2.62 bits per heavy atom. The fourth-order valence-electron chi connectivity index (χ4n) is 1.61. The quantitative estimate of drug-likeness (QED) is 0.734. The van der Waals surface area contributed by atoms with Crippen molar-refractivity contribution in [2.24, 2.45) is 5.41 Å². The molecule has 0 atom stereocenters. The third kappa shape index (κ3) is 1.62. The number of hydrogen-bond acceptors (Lipinski definition) is 2. The Morgan fingerprint density at radius 2 is 2.23 bits per heavy atom. The summed E-state index contributed by atoms with van der Waals surface area (Å²) >= 11 is 4.40. The molecular weight excluding hydrogens is 180 g/mol. The first-order chi connectivity index (χ1) is 6.17. The van der Waals surface area contributed by atoms with E-state index in [1.54, 1.807) is 0 Å². The van der Waals surface area contributed by atoms with Crippen LogP contribution in [0.3, 0.4) is 0 Å². The largest absolute Gasteiger partial charge is 0.334 e. The van der Waals surface area contributed by atoms with E-state index in [1.807, 2.05) is 6.33 Å². The number of aryl methyl sites for hydroxylation is 1. The zero-order valence-electron chi connectivity index (χ0n) is 8.25. The second-order valence-corrected chi connectivity index (χ2v) is 4.52. The summed E-state index contributed by atoms with van der Waals surface area (Å²) < 4.78 is 2.26. The van der Waals surface area contributed by atoms with E-state index in [0.717, 1.165) is 18.0 Å². The van der Waals surface area contributed by atoms with Gasteiger partial charge in [-0.25, -0.2) is 4.98 Å². The van der Waals surface area contributed by atoms with Crippen LogP contribution in [-0.2, 0) is 6.54 Å². The van der Waals surface area contributed by atoms with Crippen molar-refractivity contribution in [1.29, 1.82) is 0 Å². The summed E-state index contributed by atoms with van der Waals surface area (Å²) in [5.74, 6) is 1.00. The first-order valence-corrected chi connectivity index (χ1v) is 5.39. The normalized spacial score (nSPS) is 19.0. The van der Waals surface area contributed by atoms with Crippen LogP contribution in [0.15, 0.2) is 6.33 Å². The van der Waals surface area contributed by atoms with Crippen LogP contribution in [0.4, 0.5) is 0 Å². The average Bonchev–Trinajstić information content (AvgIpc) is 2.85. The van der Waals surface area contributed by atoms with Gasteiger partial charge < -0.3 is 4.57 Å². The Hall–Kier alpha value is -0.440. The molecule has 0 saturated heterocycles. The zero-order chi connectivity index (χ0) is 9.47. The van der Waals surface area contributed by atoms with Gasteiger partial charge in [-0.1, -0.05) is 0 Å². The van der Waals surface area contributed by atoms with Gasteiger partial charge in [0, 0.05) is 12.2 Å². The summed E-state index contributed by atoms with van der Waals surface area (Å²) in [5.41, 5.74) is 2.93. The minimum Gasteiger partial charge on any atom is -0.334 e. The van der Waals surface area contributed by atoms with Crippen LogP contribution < -0.4 is 0 Å². The van der Waals surface area contributed by atoms with Crippen LogP contribution in [-0.4, -0.2) is 15.3 Å². The molecule has 2 nitrogen and oxygen atoms in total. The highest BCUT2D eigenvalue weighted by Crippen LogP contribution is 2.48. The Kier molecular flexibility index (Phi) is 2.14. The van der Waals surface area contributed by atoms with E-state index in [-0.39, 0.29) is 0 Å². The monoisotopic (exact) mass is 196 g/mol. The molecule has 0 amide bonds. The molecule has 1 aliphatic rings. The van der Waals surface area contributed by atoms with Crippen molar-refractivity contribution in [3.05, 3.63) is 17.7 Å². The lowest BCUT2D eigenvalue weighted by Crippen LogP contribution is -2.13. The van der Waals surface area contributed by atoms with Crippen LogP contribution in [0.5, 0.6) is 0 Å². The van der Waals surface area contributed by atoms with Crippen molar-refractivity contribution in [3.8, 4) is 0 Å². The fraction of sp³-hybridized carbons (Fsp3) is 0.700. The first-order valence-electron chi connectivity index (χ1n) is 4.76. The van der Waals surface area contributed by atoms with Crippen LogP contribution in [0.2, 0.25) is 0 Å². The topological polar surface area (TPSA) is 17.8 Å². The van der Waals surface area contributed by atoms with Gasteiger partial charge in [0.2, 0.25) is 0 Å². The number of aromatic nitrogens is 2. The van der Waals surface area contributed by atoms with E-state index >= 15 is 0 Å². The van der Waals surface area contributed by atoms with Crippen molar-refractivity contribution >= 4 is 12.6 Å². The Bertz CT molecular complexity index is 313. The van der Waals surface area contributed by atoms with Gasteiger partial charge in [-0.15, -0.1) is 0 Å². The van der Waals surface area contributed by atoms with Gasteiger partial charge in [0.05, 0.1) is 12.0 Å². The predicted octanol–water partition coefficient (Wildman–Crippen LogP) is 2.21. The molecule has 13 heavy (non-hydrogen) atoms. The highest BCUT2D eigenvalue weighted by Gasteiger charge is 2.41. The summed E-state index contributed by atoms with van der Waals surface area (Å²) in [6.07, 6.45) is 4.61. The van der Waals surface area contributed by atoms with Gasteiger partial charge >= 0.3 is 0 Å². The van der Waals surface area contributed by atoms with E-state index in [4.69, 9.17) is 0 Å². The van der Waals surface area contributed by atoms with E-state index in [1.165, 1.54) is 18.5 Å². The molecule has 0 bridgehead atoms. The third-order valence-corrected chi connectivity index (χ3v) is 3.81. The van der Waals surface area contributed by atoms with E-state index < -0.39 is 0 Å². The van der Waals surface area contributed by atoms with Crippen molar-refractivity contribution in [2.75, 3.05) is 5.75 Å². The third-order valence-electron chi connectivity index (χ3n) is 3.14. The number of imidazole rings is 1. The van der Waals surface area contributed by atoms with Gasteiger partial charge in [0.15, 0.2) is 0 Å². The lowest BCUT2D eigenvalue weighted by molar-refractivity contribution is 0.467. The molecule has 0 aliphatic heterocycles. The Balaban J connectivity index is 2.14. The molecule has 0 radical (unpaired) electrons. The van der Waals surface area contributed by atoms with Crippen LogP contribution in [0.25, 0.3) is 0 Å². The lowest BCUT2D eigenvalue weighted by Gasteiger charge is -2.13. The Labute approximate surface area is 84.8 Å². The number of thiol groups is 1. The molecule has 3 heteroatoms. The zero-order valence-corrected chi connectivity index (χ0v) is 9.14. The molecule has 1 aromatic heterocycles. The molecule has 1 fully saturated rings. The second-order valence-electron chi connectivity index (χ2n) is 4.20. The van der Waals surface area contributed by atoms with Crippen LogP contribution in [0, 0.1) is 19.3 Å². The summed E-state index contributed by atoms with van der Waals surface area (Å²) in [4.78, 5) is 4.30. The maximum Gasteiger partial charge on any atom is 0.0951 e. The smallest absolute Gasteiger partial charge is 0.0951 e. The SMILES string of the molecule is Cc1ncn(CC2(CS)CC2)c1C. The molecule has 2 rings (SSSR count). The van der Waals surface area contributed by atoms with Gasteiger partial charge in [0.25, 0.3) is 0 Å². The molecule has 1 heterocycles. The molecule has 1 saturated carbocycles. The molecule has 0 N–H and O–H groups in total. The number of hydrogen-bond donors (Lipinski definition) is 1. The van der Waals surface area contributed by atoms with Gasteiger partial charge in [0.1, 0.15) is 0 Å². The Morgan fingerprint density at radius 1 is 1.54 bits per heavy atom. The number of nitrogens with zero attached hydrogens (tertiary/aromatic N) is 2. The van der Waals surface area contributed by atoms with Crippen molar-refractivity contribution in [1.82, 2.24) is 9.55 Å². The minimum atomic E-state index is 0.487. The van der Waals surface area contributed by atoms with Gasteiger partial charge in [-0.2, -0.15) is 12.6 Å². The average molecular weight is 196 g/mol. The van der Waals surface area contributed by atoms with Crippen molar-refractivity contribution < 1.29 is 0 Å². The molecule has 1 aliphatic carbocycles. The van der Waals surface area contributed by atoms with Crippen LogP contribution in [0.1, 0.15) is 24.2 Å². The van der Waals surface area contributed by atoms with Gasteiger partial charge in [-0.05, 0) is 37.9 Å². The van der Waals surface area contributed by atoms with Crippen molar-refractivity contribution in [2.45, 2.75) is 33.2 Å². The second kappa shape index (κ2) is 3.05. The van der Waals surface area contributed by atoms with E-state index in [0.29, 0.717) is 5.41 Å². The minimum absolute atomic E-state index is 0.487. The fourth-order valence-corrected chi connectivity index (χ4v) is 2.02. The highest BCUT2D eigenvalue weighted by atomic mass is 32.1. The van der Waals surface area contributed by atoms with E-state index in [2.05, 4.69) is 36.0 Å². The summed E-state index contributed by atoms with van der Waals surface area (Å²) in [6, 6.07) is 0. The molecule has 1 aromatic rings. The maximum absolute atomic E-state index is 4.40. The molecule has 72 valence electrons. The summed E-state index contributed by atoms with van der Waals surface area (Å²) in [7, 11) is 0. The highest BCUT2D eigenvalue weighted by molar-refractivity contribution is 7.80.